The van der Waals surface area contributed by atoms with Crippen molar-refractivity contribution in [3.8, 4) is 0 Å². The van der Waals surface area contributed by atoms with Crippen LogP contribution in [0.1, 0.15) is 43.2 Å². The Morgan fingerprint density at radius 1 is 1.17 bits per heavy atom. The monoisotopic (exact) mass is 327 g/mol. The van der Waals surface area contributed by atoms with Gasteiger partial charge in [-0.2, -0.15) is 0 Å². The van der Waals surface area contributed by atoms with Crippen LogP contribution >= 0.6 is 0 Å². The van der Waals surface area contributed by atoms with Crippen molar-refractivity contribution in [2.45, 2.75) is 44.7 Å². The predicted molar refractivity (Wildman–Crippen MR) is 101 cm³/mol. The number of hydrogen-bond donors (Lipinski definition) is 1. The van der Waals surface area contributed by atoms with E-state index in [4.69, 9.17) is 0 Å². The smallest absolute Gasteiger partial charge is 0.0760 e. The van der Waals surface area contributed by atoms with Gasteiger partial charge in [0.25, 0.3) is 0 Å². The Labute approximate surface area is 145 Å². The van der Waals surface area contributed by atoms with Gasteiger partial charge in [-0.25, -0.2) is 0 Å². The van der Waals surface area contributed by atoms with Crippen molar-refractivity contribution in [2.75, 3.05) is 26.2 Å². The SMILES string of the molecule is C=Nc1c(CN2CCCCC2)cccc1C(=C)N1CCCC1CO. The Morgan fingerprint density at radius 2 is 1.96 bits per heavy atom. The average molecular weight is 327 g/mol. The fraction of sp³-hybridized carbons (Fsp3) is 0.550. The van der Waals surface area contributed by atoms with E-state index in [2.05, 4.69) is 46.3 Å². The standard InChI is InChI=1S/C20H29N3O/c1-16(23-13-7-9-18(23)15-24)19-10-6-8-17(20(19)21-2)14-22-11-4-3-5-12-22/h6,8,10,18,24H,1-5,7,9,11-15H2. The minimum absolute atomic E-state index is 0.181. The highest BCUT2D eigenvalue weighted by Crippen LogP contribution is 2.35. The molecule has 1 atom stereocenters. The Morgan fingerprint density at radius 3 is 2.67 bits per heavy atom. The van der Waals surface area contributed by atoms with Crippen LogP contribution in [0.2, 0.25) is 0 Å². The first kappa shape index (κ1) is 17.2. The van der Waals surface area contributed by atoms with Gasteiger partial charge in [0.1, 0.15) is 0 Å². The number of hydrogen-bond acceptors (Lipinski definition) is 4. The summed E-state index contributed by atoms with van der Waals surface area (Å²) in [6.45, 7) is 12.5. The maximum Gasteiger partial charge on any atom is 0.0760 e. The first-order valence-corrected chi connectivity index (χ1v) is 9.12. The molecule has 2 heterocycles. The lowest BCUT2D eigenvalue weighted by molar-refractivity contribution is 0.202. The highest BCUT2D eigenvalue weighted by Gasteiger charge is 2.26. The maximum atomic E-state index is 9.60. The van der Waals surface area contributed by atoms with Crippen LogP contribution in [-0.4, -0.2) is 53.9 Å². The Kier molecular flexibility index (Phi) is 5.69. The molecule has 1 aromatic carbocycles. The Balaban J connectivity index is 1.83. The van der Waals surface area contributed by atoms with Gasteiger partial charge in [0.2, 0.25) is 0 Å². The van der Waals surface area contributed by atoms with Crippen LogP contribution in [-0.2, 0) is 6.54 Å². The molecule has 4 heteroatoms. The number of para-hydroxylation sites is 1. The van der Waals surface area contributed by atoms with Crippen LogP contribution in [0, 0.1) is 0 Å². The summed E-state index contributed by atoms with van der Waals surface area (Å²) < 4.78 is 0. The number of aliphatic hydroxyl groups excluding tert-OH is 1. The number of piperidine rings is 1. The summed E-state index contributed by atoms with van der Waals surface area (Å²) in [5.74, 6) is 0. The molecule has 3 rings (SSSR count). The van der Waals surface area contributed by atoms with Crippen molar-refractivity contribution < 1.29 is 5.11 Å². The van der Waals surface area contributed by atoms with E-state index >= 15 is 0 Å². The van der Waals surface area contributed by atoms with Crippen LogP contribution < -0.4 is 0 Å². The van der Waals surface area contributed by atoms with Gasteiger partial charge < -0.3 is 10.0 Å². The van der Waals surface area contributed by atoms with Gasteiger partial charge in [-0.15, -0.1) is 0 Å². The Bertz CT molecular complexity index is 593. The fourth-order valence-electron chi connectivity index (χ4n) is 4.03. The van der Waals surface area contributed by atoms with E-state index in [1.807, 2.05) is 0 Å². The molecule has 2 fully saturated rings. The Hall–Kier alpha value is -1.65. The molecule has 4 nitrogen and oxygen atoms in total. The van der Waals surface area contributed by atoms with Crippen molar-refractivity contribution in [1.29, 1.82) is 0 Å². The number of rotatable bonds is 6. The fourth-order valence-corrected chi connectivity index (χ4v) is 4.03. The molecule has 0 bridgehead atoms. The van der Waals surface area contributed by atoms with Crippen LogP contribution in [0.4, 0.5) is 5.69 Å². The maximum absolute atomic E-state index is 9.60. The lowest BCUT2D eigenvalue weighted by Crippen LogP contribution is -2.31. The van der Waals surface area contributed by atoms with Crippen LogP contribution in [0.15, 0.2) is 29.8 Å². The molecule has 1 unspecified atom stereocenters. The topological polar surface area (TPSA) is 39.1 Å². The molecule has 0 amide bonds. The van der Waals surface area contributed by atoms with Crippen molar-refractivity contribution >= 4 is 18.1 Å². The number of benzene rings is 1. The first-order valence-electron chi connectivity index (χ1n) is 9.12. The minimum Gasteiger partial charge on any atom is -0.394 e. The molecule has 2 aliphatic heterocycles. The third kappa shape index (κ3) is 3.55. The second-order valence-corrected chi connectivity index (χ2v) is 6.93. The van der Waals surface area contributed by atoms with Gasteiger partial charge in [0.05, 0.1) is 18.3 Å². The summed E-state index contributed by atoms with van der Waals surface area (Å²) in [5.41, 5.74) is 4.20. The van der Waals surface area contributed by atoms with E-state index in [0.29, 0.717) is 0 Å². The molecule has 0 spiro atoms. The highest BCUT2D eigenvalue weighted by atomic mass is 16.3. The third-order valence-corrected chi connectivity index (χ3v) is 5.37. The van der Waals surface area contributed by atoms with Crippen LogP contribution in [0.5, 0.6) is 0 Å². The molecule has 1 N–H and O–H groups in total. The van der Waals surface area contributed by atoms with Gasteiger partial charge in [0, 0.05) is 24.4 Å². The first-order chi connectivity index (χ1) is 11.7. The lowest BCUT2D eigenvalue weighted by Gasteiger charge is -2.30. The van der Waals surface area contributed by atoms with E-state index in [1.54, 1.807) is 0 Å². The second-order valence-electron chi connectivity index (χ2n) is 6.93. The van der Waals surface area contributed by atoms with Gasteiger partial charge in [0.15, 0.2) is 0 Å². The number of nitrogens with zero attached hydrogens (tertiary/aromatic N) is 3. The highest BCUT2D eigenvalue weighted by molar-refractivity contribution is 5.76. The summed E-state index contributed by atoms with van der Waals surface area (Å²) in [5, 5.41) is 9.60. The molecule has 0 saturated carbocycles. The zero-order valence-electron chi connectivity index (χ0n) is 14.6. The quantitative estimate of drug-likeness (QED) is 0.814. The molecule has 1 aromatic rings. The number of aliphatic imine (C=N–C) groups is 1. The minimum atomic E-state index is 0.181. The second kappa shape index (κ2) is 7.95. The molecule has 0 aliphatic carbocycles. The average Bonchev–Trinajstić information content (AvgIpc) is 3.10. The van der Waals surface area contributed by atoms with Gasteiger partial charge in [-0.1, -0.05) is 31.2 Å². The van der Waals surface area contributed by atoms with Gasteiger partial charge in [-0.05, 0) is 51.1 Å². The zero-order valence-corrected chi connectivity index (χ0v) is 14.6. The van der Waals surface area contributed by atoms with Crippen molar-refractivity contribution in [3.63, 3.8) is 0 Å². The summed E-state index contributed by atoms with van der Waals surface area (Å²) >= 11 is 0. The van der Waals surface area contributed by atoms with Crippen molar-refractivity contribution in [2.24, 2.45) is 4.99 Å². The van der Waals surface area contributed by atoms with Gasteiger partial charge >= 0.3 is 0 Å². The van der Waals surface area contributed by atoms with Gasteiger partial charge in [-0.3, -0.25) is 9.89 Å². The van der Waals surface area contributed by atoms with E-state index in [-0.39, 0.29) is 12.6 Å². The zero-order chi connectivity index (χ0) is 16.9. The molecule has 24 heavy (non-hydrogen) atoms. The van der Waals surface area contributed by atoms with E-state index in [9.17, 15) is 5.11 Å². The molecular formula is C20H29N3O. The number of likely N-dealkylation sites (tertiary alicyclic amines) is 2. The van der Waals surface area contributed by atoms with Crippen molar-refractivity contribution in [1.82, 2.24) is 9.80 Å². The molecule has 2 saturated heterocycles. The van der Waals surface area contributed by atoms with Crippen molar-refractivity contribution in [3.05, 3.63) is 35.9 Å². The van der Waals surface area contributed by atoms with E-state index in [1.165, 1.54) is 37.9 Å². The summed E-state index contributed by atoms with van der Waals surface area (Å²) in [7, 11) is 0. The molecule has 0 radical (unpaired) electrons. The van der Waals surface area contributed by atoms with Crippen LogP contribution in [0.25, 0.3) is 5.70 Å². The largest absolute Gasteiger partial charge is 0.394 e. The molecule has 2 aliphatic rings. The molecule has 130 valence electrons. The predicted octanol–water partition coefficient (Wildman–Crippen LogP) is 3.43. The molecular weight excluding hydrogens is 298 g/mol. The normalized spacial score (nSPS) is 21.9. The number of aliphatic hydroxyl groups is 1. The van der Waals surface area contributed by atoms with E-state index in [0.717, 1.165) is 42.9 Å². The summed E-state index contributed by atoms with van der Waals surface area (Å²) in [6.07, 6.45) is 6.05. The van der Waals surface area contributed by atoms with Crippen LogP contribution in [0.3, 0.4) is 0 Å². The van der Waals surface area contributed by atoms with E-state index < -0.39 is 0 Å². The lowest BCUT2D eigenvalue weighted by atomic mass is 10.0. The molecule has 0 aromatic heterocycles. The summed E-state index contributed by atoms with van der Waals surface area (Å²) in [4.78, 5) is 9.09. The third-order valence-electron chi connectivity index (χ3n) is 5.37. The summed E-state index contributed by atoms with van der Waals surface area (Å²) in [6, 6.07) is 6.51.